The Labute approximate surface area is 103 Å². The Bertz CT molecular complexity index is 265. The van der Waals surface area contributed by atoms with Gasteiger partial charge in [-0.2, -0.15) is 0 Å². The topological polar surface area (TPSA) is 57.6 Å². The van der Waals surface area contributed by atoms with Crippen LogP contribution in [0.5, 0.6) is 0 Å². The molecule has 1 saturated heterocycles. The first kappa shape index (κ1) is 14.2. The molecule has 1 heterocycles. The van der Waals surface area contributed by atoms with Gasteiger partial charge in [0.2, 0.25) is 0 Å². The number of Topliss-reactive ketones (excluding diaryl/α,β-unsaturated/α-hetero) is 1. The molecule has 0 aromatic heterocycles. The summed E-state index contributed by atoms with van der Waals surface area (Å²) in [6.07, 6.45) is 4.67. The second-order valence-electron chi connectivity index (χ2n) is 4.83. The molecule has 0 aliphatic carbocycles. The molecule has 4 heteroatoms. The number of piperidine rings is 1. The average molecular weight is 241 g/mol. The molecule has 1 rings (SSSR count). The summed E-state index contributed by atoms with van der Waals surface area (Å²) in [5.41, 5.74) is 0. The second kappa shape index (κ2) is 7.43. The van der Waals surface area contributed by atoms with Gasteiger partial charge >= 0.3 is 5.97 Å². The number of carboxylic acid groups (broad SMARTS) is 1. The van der Waals surface area contributed by atoms with Crippen LogP contribution in [-0.4, -0.2) is 41.4 Å². The quantitative estimate of drug-likeness (QED) is 0.692. The molecular formula is C13H23NO3. The molecule has 1 aliphatic heterocycles. The van der Waals surface area contributed by atoms with Gasteiger partial charge in [0.1, 0.15) is 5.78 Å². The van der Waals surface area contributed by atoms with Gasteiger partial charge in [0.15, 0.2) is 0 Å². The van der Waals surface area contributed by atoms with E-state index in [0.29, 0.717) is 12.2 Å². The fourth-order valence-electron chi connectivity index (χ4n) is 2.33. The predicted molar refractivity (Wildman–Crippen MR) is 65.9 cm³/mol. The summed E-state index contributed by atoms with van der Waals surface area (Å²) >= 11 is 0. The van der Waals surface area contributed by atoms with E-state index in [0.717, 1.165) is 45.3 Å². The van der Waals surface area contributed by atoms with Crippen LogP contribution in [0.1, 0.15) is 45.4 Å². The van der Waals surface area contributed by atoms with Crippen molar-refractivity contribution < 1.29 is 14.7 Å². The molecule has 1 fully saturated rings. The van der Waals surface area contributed by atoms with Crippen LogP contribution >= 0.6 is 0 Å². The number of nitrogens with zero attached hydrogens (tertiary/aromatic N) is 1. The highest BCUT2D eigenvalue weighted by atomic mass is 16.4. The molecule has 4 nitrogen and oxygen atoms in total. The molecule has 0 spiro atoms. The molecule has 0 saturated carbocycles. The number of carbonyl (C=O) groups is 2. The lowest BCUT2D eigenvalue weighted by Crippen LogP contribution is -2.40. The summed E-state index contributed by atoms with van der Waals surface area (Å²) < 4.78 is 0. The lowest BCUT2D eigenvalue weighted by Gasteiger charge is -2.31. The number of rotatable bonds is 7. The zero-order chi connectivity index (χ0) is 12.7. The lowest BCUT2D eigenvalue weighted by molar-refractivity contribution is -0.137. The van der Waals surface area contributed by atoms with E-state index in [2.05, 4.69) is 11.8 Å². The van der Waals surface area contributed by atoms with Gasteiger partial charge in [-0.15, -0.1) is 0 Å². The molecule has 98 valence electrons. The van der Waals surface area contributed by atoms with Crippen LogP contribution in [0.15, 0.2) is 0 Å². The number of likely N-dealkylation sites (tertiary alicyclic amines) is 1. The Kier molecular flexibility index (Phi) is 6.19. The van der Waals surface area contributed by atoms with Gasteiger partial charge in [0, 0.05) is 31.8 Å². The normalized spacial score (nSPS) is 21.7. The van der Waals surface area contributed by atoms with Crippen LogP contribution in [-0.2, 0) is 9.59 Å². The standard InChI is InChI=1S/C13H23NO3/c1-2-11-10-14(9-7-12(11)15)8-5-3-4-6-13(16)17/h11H,2-10H2,1H3,(H,16,17). The summed E-state index contributed by atoms with van der Waals surface area (Å²) in [5.74, 6) is -0.0722. The van der Waals surface area contributed by atoms with Crippen molar-refractivity contribution in [3.63, 3.8) is 0 Å². The SMILES string of the molecule is CCC1CN(CCCCCC(=O)O)CCC1=O. The number of aliphatic carboxylic acids is 1. The molecule has 0 amide bonds. The molecular weight excluding hydrogens is 218 g/mol. The van der Waals surface area contributed by atoms with E-state index in [1.54, 1.807) is 0 Å². The van der Waals surface area contributed by atoms with Crippen LogP contribution in [0.3, 0.4) is 0 Å². The van der Waals surface area contributed by atoms with Crippen molar-refractivity contribution in [1.82, 2.24) is 4.90 Å². The van der Waals surface area contributed by atoms with E-state index < -0.39 is 5.97 Å². The predicted octanol–water partition coefficient (Wildman–Crippen LogP) is 1.93. The second-order valence-corrected chi connectivity index (χ2v) is 4.83. The van der Waals surface area contributed by atoms with E-state index in [1.807, 2.05) is 0 Å². The van der Waals surface area contributed by atoms with Gasteiger partial charge in [0.25, 0.3) is 0 Å². The number of carboxylic acids is 1. The first-order chi connectivity index (χ1) is 8.13. The van der Waals surface area contributed by atoms with Crippen molar-refractivity contribution in [3.05, 3.63) is 0 Å². The third kappa shape index (κ3) is 5.31. The van der Waals surface area contributed by atoms with Gasteiger partial charge < -0.3 is 10.0 Å². The van der Waals surface area contributed by atoms with E-state index in [4.69, 9.17) is 5.11 Å². The van der Waals surface area contributed by atoms with Gasteiger partial charge in [-0.05, 0) is 25.8 Å². The molecule has 0 bridgehead atoms. The van der Waals surface area contributed by atoms with Crippen molar-refractivity contribution >= 4 is 11.8 Å². The summed E-state index contributed by atoms with van der Waals surface area (Å²) in [7, 11) is 0. The van der Waals surface area contributed by atoms with Crippen molar-refractivity contribution in [2.24, 2.45) is 5.92 Å². The highest BCUT2D eigenvalue weighted by Crippen LogP contribution is 2.16. The fraction of sp³-hybridized carbons (Fsp3) is 0.846. The summed E-state index contributed by atoms with van der Waals surface area (Å²) in [6, 6.07) is 0. The highest BCUT2D eigenvalue weighted by molar-refractivity contribution is 5.82. The summed E-state index contributed by atoms with van der Waals surface area (Å²) in [6.45, 7) is 4.85. The van der Waals surface area contributed by atoms with Crippen LogP contribution in [0, 0.1) is 5.92 Å². The smallest absolute Gasteiger partial charge is 0.303 e. The minimum absolute atomic E-state index is 0.225. The van der Waals surface area contributed by atoms with Crippen LogP contribution in [0.4, 0.5) is 0 Å². The zero-order valence-corrected chi connectivity index (χ0v) is 10.7. The van der Waals surface area contributed by atoms with Gasteiger partial charge in [-0.25, -0.2) is 0 Å². The number of hydrogen-bond donors (Lipinski definition) is 1. The van der Waals surface area contributed by atoms with Crippen LogP contribution in [0.25, 0.3) is 0 Å². The Morgan fingerprint density at radius 1 is 1.41 bits per heavy atom. The molecule has 0 aromatic rings. The highest BCUT2D eigenvalue weighted by Gasteiger charge is 2.24. The number of ketones is 1. The van der Waals surface area contributed by atoms with Gasteiger partial charge in [-0.3, -0.25) is 9.59 Å². The molecule has 0 aromatic carbocycles. The Morgan fingerprint density at radius 3 is 2.82 bits per heavy atom. The fourth-order valence-corrected chi connectivity index (χ4v) is 2.33. The van der Waals surface area contributed by atoms with E-state index in [-0.39, 0.29) is 12.3 Å². The lowest BCUT2D eigenvalue weighted by atomic mass is 9.94. The maximum atomic E-state index is 11.5. The summed E-state index contributed by atoms with van der Waals surface area (Å²) in [5, 5.41) is 8.51. The minimum atomic E-state index is -0.709. The molecule has 17 heavy (non-hydrogen) atoms. The maximum absolute atomic E-state index is 11.5. The Morgan fingerprint density at radius 2 is 2.18 bits per heavy atom. The third-order valence-corrected chi connectivity index (χ3v) is 3.47. The molecule has 1 N–H and O–H groups in total. The molecule has 0 radical (unpaired) electrons. The van der Waals surface area contributed by atoms with Gasteiger partial charge in [-0.1, -0.05) is 13.3 Å². The largest absolute Gasteiger partial charge is 0.481 e. The van der Waals surface area contributed by atoms with E-state index in [1.165, 1.54) is 0 Å². The summed E-state index contributed by atoms with van der Waals surface area (Å²) in [4.78, 5) is 24.2. The number of unbranched alkanes of at least 4 members (excludes halogenated alkanes) is 2. The zero-order valence-electron chi connectivity index (χ0n) is 10.7. The first-order valence-electron chi connectivity index (χ1n) is 6.60. The minimum Gasteiger partial charge on any atom is -0.481 e. The Hall–Kier alpha value is -0.900. The van der Waals surface area contributed by atoms with Gasteiger partial charge in [0.05, 0.1) is 0 Å². The van der Waals surface area contributed by atoms with Crippen molar-refractivity contribution in [3.8, 4) is 0 Å². The van der Waals surface area contributed by atoms with E-state index in [9.17, 15) is 9.59 Å². The van der Waals surface area contributed by atoms with Crippen LogP contribution in [0.2, 0.25) is 0 Å². The van der Waals surface area contributed by atoms with Crippen LogP contribution < -0.4 is 0 Å². The van der Waals surface area contributed by atoms with Crippen molar-refractivity contribution in [2.75, 3.05) is 19.6 Å². The molecule has 1 unspecified atom stereocenters. The first-order valence-corrected chi connectivity index (χ1v) is 6.60. The number of hydrogen-bond acceptors (Lipinski definition) is 3. The number of carbonyl (C=O) groups excluding carboxylic acids is 1. The molecule has 1 aliphatic rings. The molecule has 1 atom stereocenters. The maximum Gasteiger partial charge on any atom is 0.303 e. The Balaban J connectivity index is 2.11. The van der Waals surface area contributed by atoms with Crippen molar-refractivity contribution in [2.45, 2.75) is 45.4 Å². The van der Waals surface area contributed by atoms with Crippen molar-refractivity contribution in [1.29, 1.82) is 0 Å². The average Bonchev–Trinajstić information content (AvgIpc) is 2.30. The third-order valence-electron chi connectivity index (χ3n) is 3.47. The van der Waals surface area contributed by atoms with E-state index >= 15 is 0 Å². The monoisotopic (exact) mass is 241 g/mol.